The number of carboxylic acid groups (broad SMARTS) is 1. The zero-order chi connectivity index (χ0) is 16.8. The minimum Gasteiger partial charge on any atom is -0.480 e. The highest BCUT2D eigenvalue weighted by atomic mass is 31.1. The third-order valence-corrected chi connectivity index (χ3v) is 3.95. The van der Waals surface area contributed by atoms with Gasteiger partial charge in [0.1, 0.15) is 5.54 Å². The van der Waals surface area contributed by atoms with Crippen LogP contribution in [0.4, 0.5) is 0 Å². The van der Waals surface area contributed by atoms with E-state index in [1.165, 1.54) is 20.8 Å². The lowest BCUT2D eigenvalue weighted by Gasteiger charge is -2.36. The minimum absolute atomic E-state index is 0.0386. The van der Waals surface area contributed by atoms with Crippen LogP contribution in [-0.4, -0.2) is 50.5 Å². The molecule has 2 atom stereocenters. The molecule has 21 heavy (non-hydrogen) atoms. The normalized spacial score (nSPS) is 14.7. The van der Waals surface area contributed by atoms with Gasteiger partial charge in [0.05, 0.1) is 0 Å². The third kappa shape index (κ3) is 5.11. The first-order valence-electron chi connectivity index (χ1n) is 6.24. The molecule has 0 rings (SSSR count). The number of carbonyl (C=O) groups is 3. The Hall–Kier alpha value is -1.44. The van der Waals surface area contributed by atoms with Crippen LogP contribution < -0.4 is 11.1 Å². The van der Waals surface area contributed by atoms with Gasteiger partial charge in [-0.05, 0) is 27.2 Å². The van der Waals surface area contributed by atoms with E-state index in [2.05, 4.69) is 5.32 Å². The van der Waals surface area contributed by atoms with Crippen LogP contribution in [0.1, 0.15) is 33.6 Å². The Morgan fingerprint density at radius 3 is 2.19 bits per heavy atom. The lowest BCUT2D eigenvalue weighted by molar-refractivity contribution is -0.153. The summed E-state index contributed by atoms with van der Waals surface area (Å²) in [5.74, 6) is -2.88. The quantitative estimate of drug-likeness (QED) is 0.327. The molecular weight excluding hydrogens is 301 g/mol. The molecule has 0 aliphatic carbocycles. The number of rotatable bonds is 8. The predicted octanol–water partition coefficient (Wildman–Crippen LogP) is -1.09. The monoisotopic (exact) mass is 323 g/mol. The van der Waals surface area contributed by atoms with Gasteiger partial charge >= 0.3 is 5.97 Å². The second kappa shape index (κ2) is 7.53. The lowest BCUT2D eigenvalue weighted by atomic mass is 10.0. The molecule has 9 nitrogen and oxygen atoms in total. The Morgan fingerprint density at radius 2 is 1.81 bits per heavy atom. The number of nitrogens with one attached hydrogen (secondary N) is 1. The van der Waals surface area contributed by atoms with E-state index in [4.69, 9.17) is 15.9 Å². The van der Waals surface area contributed by atoms with Crippen LogP contribution in [0.15, 0.2) is 0 Å². The van der Waals surface area contributed by atoms with E-state index in [1.54, 1.807) is 0 Å². The maximum atomic E-state index is 12.3. The van der Waals surface area contributed by atoms with Gasteiger partial charge < -0.3 is 25.8 Å². The van der Waals surface area contributed by atoms with Gasteiger partial charge in [-0.3, -0.25) is 14.3 Å². The summed E-state index contributed by atoms with van der Waals surface area (Å²) in [6.07, 6.45) is 0.163. The summed E-state index contributed by atoms with van der Waals surface area (Å²) < 4.78 is 11.9. The summed E-state index contributed by atoms with van der Waals surface area (Å²) in [5.41, 5.74) is 2.09. The van der Waals surface area contributed by atoms with Gasteiger partial charge in [0.2, 0.25) is 5.91 Å². The first-order valence-corrected chi connectivity index (χ1v) is 7.22. The number of carboxylic acids is 1. The Labute approximate surface area is 123 Å². The van der Waals surface area contributed by atoms with Crippen LogP contribution in [0.3, 0.4) is 0 Å². The fourth-order valence-corrected chi connectivity index (χ4v) is 2.17. The summed E-state index contributed by atoms with van der Waals surface area (Å²) in [6, 6.07) is 0. The number of aliphatic hydroxyl groups is 1. The molecule has 0 aromatic heterocycles. The fourth-order valence-electron chi connectivity index (χ4n) is 1.43. The summed E-state index contributed by atoms with van der Waals surface area (Å²) in [7, 11) is -1.89. The summed E-state index contributed by atoms with van der Waals surface area (Å²) >= 11 is 0. The Balaban J connectivity index is 5.13. The number of aliphatic carboxylic acids is 1. The summed E-state index contributed by atoms with van der Waals surface area (Å²) in [5, 5.41) is 19.9. The second-order valence-electron chi connectivity index (χ2n) is 5.22. The van der Waals surface area contributed by atoms with Crippen LogP contribution in [-0.2, 0) is 18.9 Å². The van der Waals surface area contributed by atoms with Crippen molar-refractivity contribution in [2.75, 3.05) is 6.61 Å². The molecule has 0 spiro atoms. The van der Waals surface area contributed by atoms with Crippen molar-refractivity contribution >= 4 is 26.4 Å². The fraction of sp³-hybridized carbons (Fsp3) is 0.727. The summed E-state index contributed by atoms with van der Waals surface area (Å²) in [4.78, 5) is 34.9. The molecule has 0 aliphatic heterocycles. The van der Waals surface area contributed by atoms with Gasteiger partial charge in [-0.15, -0.1) is 0 Å². The van der Waals surface area contributed by atoms with E-state index < -0.39 is 37.6 Å². The number of aliphatic hydroxyl groups excluding tert-OH is 1. The van der Waals surface area contributed by atoms with Gasteiger partial charge in [-0.25, -0.2) is 4.79 Å². The van der Waals surface area contributed by atoms with Gasteiger partial charge in [0.15, 0.2) is 14.3 Å². The van der Waals surface area contributed by atoms with Crippen LogP contribution in [0.2, 0.25) is 0 Å². The topological polar surface area (TPSA) is 150 Å². The number of nitrogens with zero attached hydrogens (tertiary/aromatic N) is 1. The molecule has 0 saturated carbocycles. The number of hydrogen-bond acceptors (Lipinski definition) is 6. The molecule has 0 aromatic carbocycles. The second-order valence-corrected chi connectivity index (χ2v) is 5.95. The molecule has 0 fully saturated rings. The standard InChI is InChI=1S/C11H22N3O6P/c1-10(2,9(18)19)14(21-20)8(17)11(3,12)13-7(16)5-4-6-15/h15H,4-6,12,21H2,1-3H3,(H,13,16)(H,18,19)/t11-/m0/s1. The van der Waals surface area contributed by atoms with Gasteiger partial charge in [-0.1, -0.05) is 0 Å². The molecule has 0 radical (unpaired) electrons. The molecule has 2 amide bonds. The number of hydrogen-bond donors (Lipinski definition) is 4. The first-order chi connectivity index (χ1) is 9.50. The lowest BCUT2D eigenvalue weighted by Crippen LogP contribution is -2.65. The Morgan fingerprint density at radius 1 is 1.29 bits per heavy atom. The zero-order valence-electron chi connectivity index (χ0n) is 12.3. The van der Waals surface area contributed by atoms with E-state index >= 15 is 0 Å². The van der Waals surface area contributed by atoms with E-state index in [9.17, 15) is 18.9 Å². The molecule has 5 N–H and O–H groups in total. The maximum Gasteiger partial charge on any atom is 0.329 e. The minimum atomic E-state index is -1.89. The van der Waals surface area contributed by atoms with Crippen molar-refractivity contribution in [3.63, 3.8) is 0 Å². The SMILES string of the molecule is CC(C)(C(=O)O)N([PH2]=O)C(=O)[C@@](C)(N)NC(=O)CCCO. The van der Waals surface area contributed by atoms with Crippen LogP contribution >= 0.6 is 8.61 Å². The van der Waals surface area contributed by atoms with Gasteiger partial charge in [0.25, 0.3) is 5.91 Å². The highest BCUT2D eigenvalue weighted by Gasteiger charge is 2.44. The number of nitrogens with two attached hydrogens (primary N) is 1. The zero-order valence-corrected chi connectivity index (χ0v) is 13.4. The molecule has 0 saturated heterocycles. The molecule has 122 valence electrons. The highest BCUT2D eigenvalue weighted by molar-refractivity contribution is 7.22. The average molecular weight is 323 g/mol. The highest BCUT2D eigenvalue weighted by Crippen LogP contribution is 2.25. The van der Waals surface area contributed by atoms with Crippen molar-refractivity contribution in [2.24, 2.45) is 5.73 Å². The van der Waals surface area contributed by atoms with Crippen molar-refractivity contribution in [3.8, 4) is 0 Å². The molecule has 1 unspecified atom stereocenters. The van der Waals surface area contributed by atoms with Crippen molar-refractivity contribution in [1.82, 2.24) is 9.99 Å². The smallest absolute Gasteiger partial charge is 0.329 e. The molecule has 0 aromatic rings. The summed E-state index contributed by atoms with van der Waals surface area (Å²) in [6.45, 7) is 3.42. The largest absolute Gasteiger partial charge is 0.480 e. The van der Waals surface area contributed by atoms with E-state index in [-0.39, 0.29) is 19.4 Å². The van der Waals surface area contributed by atoms with Crippen molar-refractivity contribution < 1.29 is 29.2 Å². The van der Waals surface area contributed by atoms with E-state index in [0.29, 0.717) is 4.67 Å². The van der Waals surface area contributed by atoms with Crippen LogP contribution in [0.25, 0.3) is 0 Å². The van der Waals surface area contributed by atoms with E-state index in [1.807, 2.05) is 0 Å². The number of carbonyl (C=O) groups excluding carboxylic acids is 2. The average Bonchev–Trinajstić information content (AvgIpc) is 2.35. The first kappa shape index (κ1) is 19.6. The molecule has 10 heteroatoms. The van der Waals surface area contributed by atoms with Crippen molar-refractivity contribution in [3.05, 3.63) is 0 Å². The Kier molecular flexibility index (Phi) is 7.02. The maximum absolute atomic E-state index is 12.3. The third-order valence-electron chi connectivity index (χ3n) is 2.86. The molecule has 0 aliphatic rings. The molecular formula is C11H22N3O6P. The van der Waals surface area contributed by atoms with Gasteiger partial charge in [-0.2, -0.15) is 0 Å². The van der Waals surface area contributed by atoms with E-state index in [0.717, 1.165) is 0 Å². The van der Waals surface area contributed by atoms with Crippen LogP contribution in [0.5, 0.6) is 0 Å². The van der Waals surface area contributed by atoms with Crippen molar-refractivity contribution in [2.45, 2.75) is 44.8 Å². The van der Waals surface area contributed by atoms with Crippen LogP contribution in [0, 0.1) is 0 Å². The predicted molar refractivity (Wildman–Crippen MR) is 76.0 cm³/mol. The van der Waals surface area contributed by atoms with Gasteiger partial charge in [0, 0.05) is 13.0 Å². The number of amides is 2. The Bertz CT molecular complexity index is 438. The van der Waals surface area contributed by atoms with Crippen molar-refractivity contribution in [1.29, 1.82) is 0 Å². The molecule has 0 bridgehead atoms. The molecule has 0 heterocycles.